The molecule has 0 saturated heterocycles. The molecule has 6 heteroatoms. The van der Waals surface area contributed by atoms with Gasteiger partial charge in [0.25, 0.3) is 5.69 Å². The average Bonchev–Trinajstić information content (AvgIpc) is 2.28. The largest absolute Gasteiger partial charge is 0.401 e. The van der Waals surface area contributed by atoms with Gasteiger partial charge in [-0.1, -0.05) is 0 Å². The van der Waals surface area contributed by atoms with Crippen LogP contribution in [-0.4, -0.2) is 10.6 Å². The number of benzene rings is 1. The van der Waals surface area contributed by atoms with E-state index in [1.807, 2.05) is 0 Å². The lowest BCUT2D eigenvalue weighted by atomic mass is 10.2. The third kappa shape index (κ3) is 3.30. The molecule has 0 aromatic heterocycles. The van der Waals surface area contributed by atoms with Gasteiger partial charge in [-0.05, 0) is 26.0 Å². The SMILES string of the molecule is CC(=Nc1ccc([N+](=O)[O-])cc1)C(N)=C(C)N. The van der Waals surface area contributed by atoms with Crippen LogP contribution in [0, 0.1) is 10.1 Å². The molecule has 17 heavy (non-hydrogen) atoms. The van der Waals surface area contributed by atoms with Gasteiger partial charge in [0.1, 0.15) is 0 Å². The lowest BCUT2D eigenvalue weighted by molar-refractivity contribution is -0.384. The first-order chi connectivity index (χ1) is 7.91. The molecule has 1 aromatic rings. The summed E-state index contributed by atoms with van der Waals surface area (Å²) >= 11 is 0. The fourth-order valence-electron chi connectivity index (χ4n) is 1.19. The summed E-state index contributed by atoms with van der Waals surface area (Å²) in [6, 6.07) is 5.89. The number of nitrogens with zero attached hydrogens (tertiary/aromatic N) is 2. The maximum atomic E-state index is 10.5. The third-order valence-electron chi connectivity index (χ3n) is 2.17. The summed E-state index contributed by atoms with van der Waals surface area (Å²) in [5.74, 6) is 0. The number of non-ortho nitro benzene ring substituents is 1. The number of nitrogens with two attached hydrogens (primary N) is 2. The molecule has 0 atom stereocenters. The predicted octanol–water partition coefficient (Wildman–Crippen LogP) is 1.84. The second kappa shape index (κ2) is 5.11. The number of rotatable bonds is 3. The Morgan fingerprint density at radius 1 is 1.24 bits per heavy atom. The summed E-state index contributed by atoms with van der Waals surface area (Å²) in [5.41, 5.74) is 13.4. The van der Waals surface area contributed by atoms with E-state index in [-0.39, 0.29) is 5.69 Å². The Balaban J connectivity index is 3.00. The van der Waals surface area contributed by atoms with Crippen molar-refractivity contribution in [3.8, 4) is 0 Å². The first-order valence-electron chi connectivity index (χ1n) is 4.93. The van der Waals surface area contributed by atoms with E-state index in [0.29, 0.717) is 22.8 Å². The molecule has 1 aromatic carbocycles. The van der Waals surface area contributed by atoms with E-state index >= 15 is 0 Å². The van der Waals surface area contributed by atoms with Gasteiger partial charge in [0.15, 0.2) is 0 Å². The molecule has 0 aliphatic carbocycles. The van der Waals surface area contributed by atoms with E-state index in [9.17, 15) is 10.1 Å². The van der Waals surface area contributed by atoms with Crippen LogP contribution in [-0.2, 0) is 0 Å². The normalized spacial score (nSPS) is 13.2. The van der Waals surface area contributed by atoms with Gasteiger partial charge in [-0.2, -0.15) is 0 Å². The molecule has 4 N–H and O–H groups in total. The number of allylic oxidation sites excluding steroid dienone is 2. The second-order valence-electron chi connectivity index (χ2n) is 3.57. The van der Waals surface area contributed by atoms with Gasteiger partial charge in [0.2, 0.25) is 0 Å². The topological polar surface area (TPSA) is 108 Å². The first kappa shape index (κ1) is 12.7. The first-order valence-corrected chi connectivity index (χ1v) is 4.93. The molecule has 0 heterocycles. The molecule has 0 saturated carbocycles. The van der Waals surface area contributed by atoms with Crippen molar-refractivity contribution < 1.29 is 4.92 Å². The Bertz CT molecular complexity index is 485. The molecule has 0 spiro atoms. The Morgan fingerprint density at radius 2 is 1.76 bits per heavy atom. The van der Waals surface area contributed by atoms with Crippen LogP contribution >= 0.6 is 0 Å². The van der Waals surface area contributed by atoms with Crippen molar-refractivity contribution in [2.45, 2.75) is 13.8 Å². The van der Waals surface area contributed by atoms with Gasteiger partial charge >= 0.3 is 0 Å². The van der Waals surface area contributed by atoms with Crippen LogP contribution in [0.15, 0.2) is 40.7 Å². The predicted molar refractivity (Wildman–Crippen MR) is 66.9 cm³/mol. The van der Waals surface area contributed by atoms with Crippen LogP contribution in [0.3, 0.4) is 0 Å². The van der Waals surface area contributed by atoms with Crippen molar-refractivity contribution in [3.05, 3.63) is 45.8 Å². The van der Waals surface area contributed by atoms with Crippen LogP contribution < -0.4 is 11.5 Å². The lowest BCUT2D eigenvalue weighted by Gasteiger charge is -2.03. The van der Waals surface area contributed by atoms with E-state index in [1.54, 1.807) is 26.0 Å². The summed E-state index contributed by atoms with van der Waals surface area (Å²) in [7, 11) is 0. The van der Waals surface area contributed by atoms with Crippen LogP contribution in [0.4, 0.5) is 11.4 Å². The molecule has 0 amide bonds. The fourth-order valence-corrected chi connectivity index (χ4v) is 1.19. The Morgan fingerprint density at radius 3 is 2.18 bits per heavy atom. The Hall–Kier alpha value is -2.37. The number of nitro groups is 1. The molecule has 6 nitrogen and oxygen atoms in total. The van der Waals surface area contributed by atoms with E-state index < -0.39 is 4.92 Å². The van der Waals surface area contributed by atoms with E-state index in [1.165, 1.54) is 12.1 Å². The van der Waals surface area contributed by atoms with Crippen molar-refractivity contribution >= 4 is 17.1 Å². The molecule has 0 aliphatic heterocycles. The summed E-state index contributed by atoms with van der Waals surface area (Å²) in [5, 5.41) is 10.5. The molecule has 0 aliphatic rings. The lowest BCUT2D eigenvalue weighted by Crippen LogP contribution is -2.14. The highest BCUT2D eigenvalue weighted by Gasteiger charge is 2.04. The van der Waals surface area contributed by atoms with Crippen molar-refractivity contribution in [2.75, 3.05) is 0 Å². The fraction of sp³-hybridized carbons (Fsp3) is 0.182. The summed E-state index contributed by atoms with van der Waals surface area (Å²) in [4.78, 5) is 14.2. The van der Waals surface area contributed by atoms with Crippen molar-refractivity contribution in [3.63, 3.8) is 0 Å². The average molecular weight is 234 g/mol. The zero-order valence-corrected chi connectivity index (χ0v) is 9.68. The number of nitro benzene ring substituents is 1. The molecule has 0 unspecified atom stereocenters. The van der Waals surface area contributed by atoms with E-state index in [4.69, 9.17) is 11.5 Å². The minimum atomic E-state index is -0.460. The molecule has 90 valence electrons. The molecular formula is C11H14N4O2. The number of hydrogen-bond acceptors (Lipinski definition) is 5. The number of hydrogen-bond donors (Lipinski definition) is 2. The number of aliphatic imine (C=N–C) groups is 1. The molecule has 1 rings (SSSR count). The second-order valence-corrected chi connectivity index (χ2v) is 3.57. The molecule has 0 radical (unpaired) electrons. The standard InChI is InChI=1S/C11H14N4O2/c1-7(12)11(13)8(2)14-9-3-5-10(6-4-9)15(16)17/h3-6H,12-13H2,1-2H3. The van der Waals surface area contributed by atoms with E-state index in [0.717, 1.165) is 0 Å². The summed E-state index contributed by atoms with van der Waals surface area (Å²) in [6.07, 6.45) is 0. The van der Waals surface area contributed by atoms with Gasteiger partial charge in [-0.15, -0.1) is 0 Å². The zero-order chi connectivity index (χ0) is 13.0. The van der Waals surface area contributed by atoms with Crippen LogP contribution in [0.25, 0.3) is 0 Å². The molecule has 0 fully saturated rings. The molecular weight excluding hydrogens is 220 g/mol. The minimum absolute atomic E-state index is 0.0279. The van der Waals surface area contributed by atoms with Gasteiger partial charge in [0, 0.05) is 17.8 Å². The molecule has 0 bridgehead atoms. The van der Waals surface area contributed by atoms with Gasteiger partial charge in [-0.3, -0.25) is 15.1 Å². The van der Waals surface area contributed by atoms with Crippen LogP contribution in [0.2, 0.25) is 0 Å². The van der Waals surface area contributed by atoms with Crippen molar-refractivity contribution in [1.29, 1.82) is 0 Å². The minimum Gasteiger partial charge on any atom is -0.401 e. The summed E-state index contributed by atoms with van der Waals surface area (Å²) < 4.78 is 0. The quantitative estimate of drug-likeness (QED) is 0.472. The highest BCUT2D eigenvalue weighted by molar-refractivity contribution is 5.99. The van der Waals surface area contributed by atoms with Gasteiger partial charge in [-0.25, -0.2) is 0 Å². The maximum absolute atomic E-state index is 10.5. The van der Waals surface area contributed by atoms with Crippen molar-refractivity contribution in [2.24, 2.45) is 16.5 Å². The van der Waals surface area contributed by atoms with E-state index in [2.05, 4.69) is 4.99 Å². The Labute approximate surface area is 98.8 Å². The van der Waals surface area contributed by atoms with Crippen molar-refractivity contribution in [1.82, 2.24) is 0 Å². The zero-order valence-electron chi connectivity index (χ0n) is 9.68. The van der Waals surface area contributed by atoms with Gasteiger partial charge in [0.05, 0.1) is 22.0 Å². The highest BCUT2D eigenvalue weighted by atomic mass is 16.6. The smallest absolute Gasteiger partial charge is 0.269 e. The monoisotopic (exact) mass is 234 g/mol. The Kier molecular flexibility index (Phi) is 3.82. The maximum Gasteiger partial charge on any atom is 0.269 e. The van der Waals surface area contributed by atoms with Crippen LogP contribution in [0.5, 0.6) is 0 Å². The highest BCUT2D eigenvalue weighted by Crippen LogP contribution is 2.18. The van der Waals surface area contributed by atoms with Crippen LogP contribution in [0.1, 0.15) is 13.8 Å². The van der Waals surface area contributed by atoms with Gasteiger partial charge < -0.3 is 11.5 Å². The third-order valence-corrected chi connectivity index (χ3v) is 2.17. The summed E-state index contributed by atoms with van der Waals surface area (Å²) in [6.45, 7) is 3.41.